The van der Waals surface area contributed by atoms with Crippen LogP contribution in [0.3, 0.4) is 0 Å². The highest BCUT2D eigenvalue weighted by Crippen LogP contribution is 2.46. The lowest BCUT2D eigenvalue weighted by Gasteiger charge is -2.51. The number of hydrogen-bond acceptors (Lipinski definition) is 43. The third-order valence-electron chi connectivity index (χ3n) is 20.1. The zero-order chi connectivity index (χ0) is 97.8. The van der Waals surface area contributed by atoms with Crippen molar-refractivity contribution in [2.45, 2.75) is 315 Å². The molecule has 47 heteroatoms. The molecule has 2 aromatic rings. The Morgan fingerprint density at radius 1 is 0.318 bits per heavy atom. The summed E-state index contributed by atoms with van der Waals surface area (Å²) >= 11 is 0. The molecule has 8 rings (SSSR count). The van der Waals surface area contributed by atoms with Gasteiger partial charge in [-0.05, 0) is 49.9 Å². The largest absolute Gasteiger partial charge is 0.463 e. The first-order valence-corrected chi connectivity index (χ1v) is 41.7. The second kappa shape index (κ2) is 47.6. The first-order chi connectivity index (χ1) is 62.0. The number of amides is 4. The first kappa shape index (κ1) is 106. The lowest BCUT2D eigenvalue weighted by atomic mass is 9.93. The zero-order valence-electron chi connectivity index (χ0n) is 76.1. The molecule has 0 saturated carbocycles. The minimum absolute atomic E-state index is 0.285. The van der Waals surface area contributed by atoms with E-state index < -0.39 is 317 Å². The molecule has 0 spiro atoms. The number of nitrogens with one attached hydrogen (secondary N) is 4. The normalized spacial score (nSPS) is 29.3. The lowest BCUT2D eigenvalue weighted by molar-refractivity contribution is -0.372. The molecule has 0 unspecified atom stereocenters. The average Bonchev–Trinajstić information content (AvgIpc) is 1.75. The van der Waals surface area contributed by atoms with Crippen LogP contribution in [0.5, 0.6) is 0 Å². The highest BCUT2D eigenvalue weighted by molar-refractivity contribution is 5.83. The summed E-state index contributed by atoms with van der Waals surface area (Å²) in [5, 5.41) is 10.2. The number of alkyl carbamates (subject to hydrolysis) is 1. The molecule has 1 aliphatic carbocycles. The maximum absolute atomic E-state index is 14.8. The predicted octanol–water partition coefficient (Wildman–Crippen LogP) is 0.589. The summed E-state index contributed by atoms with van der Waals surface area (Å²) in [6, 6.07) is 7.12. The van der Waals surface area contributed by atoms with Crippen LogP contribution >= 0.6 is 0 Å². The maximum atomic E-state index is 14.8. The minimum Gasteiger partial charge on any atom is -0.463 e. The fourth-order valence-electron chi connectivity index (χ4n) is 15.6. The molecule has 6 aliphatic rings. The van der Waals surface area contributed by atoms with Crippen LogP contribution in [-0.2, 0) is 200 Å². The fourth-order valence-corrected chi connectivity index (χ4v) is 15.6. The van der Waals surface area contributed by atoms with Crippen molar-refractivity contribution in [3.8, 4) is 11.1 Å². The van der Waals surface area contributed by atoms with Crippen molar-refractivity contribution in [1.82, 2.24) is 21.3 Å². The molecule has 0 aromatic heterocycles. The van der Waals surface area contributed by atoms with Gasteiger partial charge in [-0.25, -0.2) is 9.59 Å². The highest BCUT2D eigenvalue weighted by Gasteiger charge is 2.62. The molecule has 4 N–H and O–H groups in total. The Labute approximate surface area is 756 Å². The van der Waals surface area contributed by atoms with E-state index in [0.29, 0.717) is 0 Å². The quantitative estimate of drug-likeness (QED) is 0.0536. The standard InChI is InChI=1S/C85H112N4O43/c1-35(62(78(106)132-85(18,19)20)89-84(107)113-29-56-54-27-23-21-25-52(54)53-26-22-24-28-55(53)56)114-80-65(88-38(4)92)73(130-83-76(122-50(16)104)74(121-49(15)103)69(117-45(11)99)59(128-83)32-110-41(7)95)67(116-44(10)98)61(125-80)34-112-79-63(86-36(2)90)71(119-47(13)101)68(58(124-79)31-109-40(6)94)129-82-77(123-51(17)105)75(70(118-46(12)100)60(127-82)33-111-42(8)96)131-81-64(87-37(3)91)72(120-48(14)102)66(115-43(9)97)57(126-81)30-108-39(5)93/h21-28,35,56-77,79-83H,29-34H2,1-20H3,(H,86,90)(H,87,91)(H,88,92)(H,89,107)/t35-,57-,58-,59-,60-,61-,62+,63-,64-,65-,66-,67+,68-,69+,70+,71-,72-,73-,74+,75+,76-,77-,79-,80+,81+,82+,83+/m1/s1. The molecule has 132 heavy (non-hydrogen) atoms. The van der Waals surface area contributed by atoms with Gasteiger partial charge in [-0.1, -0.05) is 48.5 Å². The number of ether oxygens (including phenoxy) is 25. The van der Waals surface area contributed by atoms with Crippen LogP contribution in [0.1, 0.15) is 156 Å². The van der Waals surface area contributed by atoms with Gasteiger partial charge in [-0.15, -0.1) is 0 Å². The van der Waals surface area contributed by atoms with Crippen LogP contribution in [0.4, 0.5) is 4.79 Å². The molecule has 5 heterocycles. The van der Waals surface area contributed by atoms with Crippen LogP contribution in [-0.4, -0.2) is 318 Å². The van der Waals surface area contributed by atoms with Gasteiger partial charge in [0.1, 0.15) is 106 Å². The van der Waals surface area contributed by atoms with Crippen LogP contribution in [0.15, 0.2) is 48.5 Å². The third kappa shape index (κ3) is 29.9. The summed E-state index contributed by atoms with van der Waals surface area (Å²) < 4.78 is 152. The zero-order valence-corrected chi connectivity index (χ0v) is 76.1. The Morgan fingerprint density at radius 3 is 1.03 bits per heavy atom. The lowest BCUT2D eigenvalue weighted by Crippen LogP contribution is -2.71. The van der Waals surface area contributed by atoms with E-state index in [1.165, 1.54) is 27.7 Å². The first-order valence-electron chi connectivity index (χ1n) is 41.7. The number of carbonyl (C=O) groups excluding carboxylic acids is 18. The Kier molecular flexibility index (Phi) is 38.1. The molecule has 2 aromatic carbocycles. The summed E-state index contributed by atoms with van der Waals surface area (Å²) in [6.45, 7) is 15.9. The topological polar surface area (TPSA) is 586 Å². The van der Waals surface area contributed by atoms with E-state index >= 15 is 0 Å². The molecular formula is C85H112N4O43. The van der Waals surface area contributed by atoms with Crippen LogP contribution < -0.4 is 21.3 Å². The Bertz CT molecular complexity index is 4470. The summed E-state index contributed by atoms with van der Waals surface area (Å²) in [5.41, 5.74) is 2.08. The third-order valence-corrected chi connectivity index (χ3v) is 20.1. The van der Waals surface area contributed by atoms with Crippen molar-refractivity contribution in [3.63, 3.8) is 0 Å². The number of benzene rings is 2. The molecule has 0 radical (unpaired) electrons. The highest BCUT2D eigenvalue weighted by atomic mass is 16.8. The van der Waals surface area contributed by atoms with E-state index in [1.807, 2.05) is 48.5 Å². The molecule has 0 bridgehead atoms. The molecular weight excluding hydrogens is 1760 g/mol. The van der Waals surface area contributed by atoms with Gasteiger partial charge in [0.15, 0.2) is 92.4 Å². The second-order valence-corrected chi connectivity index (χ2v) is 32.2. The van der Waals surface area contributed by atoms with Gasteiger partial charge in [-0.2, -0.15) is 0 Å². The Balaban J connectivity index is 1.29. The van der Waals surface area contributed by atoms with E-state index in [1.54, 1.807) is 0 Å². The van der Waals surface area contributed by atoms with Gasteiger partial charge in [0, 0.05) is 117 Å². The number of hydrogen-bond donors (Lipinski definition) is 4. The van der Waals surface area contributed by atoms with E-state index in [9.17, 15) is 86.3 Å². The van der Waals surface area contributed by atoms with Crippen molar-refractivity contribution < 1.29 is 205 Å². The van der Waals surface area contributed by atoms with Crippen LogP contribution in [0.2, 0.25) is 0 Å². The summed E-state index contributed by atoms with van der Waals surface area (Å²) in [6.07, 6.45) is -47.7. The van der Waals surface area contributed by atoms with Crippen molar-refractivity contribution in [1.29, 1.82) is 0 Å². The van der Waals surface area contributed by atoms with Crippen LogP contribution in [0, 0.1) is 0 Å². The summed E-state index contributed by atoms with van der Waals surface area (Å²) in [5.74, 6) is -18.4. The van der Waals surface area contributed by atoms with Gasteiger partial charge in [0.05, 0.1) is 12.7 Å². The monoisotopic (exact) mass is 1880 g/mol. The molecule has 47 nitrogen and oxygen atoms in total. The van der Waals surface area contributed by atoms with Gasteiger partial charge < -0.3 is 140 Å². The van der Waals surface area contributed by atoms with Gasteiger partial charge in [0.2, 0.25) is 17.7 Å². The number of carbonyl (C=O) groups is 18. The van der Waals surface area contributed by atoms with Gasteiger partial charge >= 0.3 is 89.7 Å². The molecule has 4 amide bonds. The van der Waals surface area contributed by atoms with Crippen LogP contribution in [0.25, 0.3) is 11.1 Å². The van der Waals surface area contributed by atoms with E-state index in [0.717, 1.165) is 133 Å². The molecule has 5 aliphatic heterocycles. The van der Waals surface area contributed by atoms with Gasteiger partial charge in [-0.3, -0.25) is 76.7 Å². The smallest absolute Gasteiger partial charge is 0.407 e. The summed E-state index contributed by atoms with van der Waals surface area (Å²) in [4.78, 5) is 242. The minimum atomic E-state index is -2.33. The second-order valence-electron chi connectivity index (χ2n) is 32.2. The van der Waals surface area contributed by atoms with Crippen molar-refractivity contribution in [2.75, 3.05) is 39.6 Å². The van der Waals surface area contributed by atoms with E-state index in [2.05, 4.69) is 21.3 Å². The number of rotatable bonds is 36. The van der Waals surface area contributed by atoms with E-state index in [-0.39, 0.29) is 6.61 Å². The molecule has 730 valence electrons. The number of esters is 14. The Hall–Kier alpha value is -11.7. The average molecular weight is 1880 g/mol. The van der Waals surface area contributed by atoms with Crippen molar-refractivity contribution in [2.24, 2.45) is 0 Å². The van der Waals surface area contributed by atoms with Crippen molar-refractivity contribution in [3.05, 3.63) is 59.7 Å². The SMILES string of the molecule is CC(=O)N[C@H]1[C@@H](O[C@H](C)[C@H](NC(=O)OCC2c3ccccc3-c3ccccc32)C(=O)OC(C)(C)C)O[C@H](CO[C@@H]2O[C@H](COC(C)=O)[C@@H](O[C@@H]3O[C@H](COC(C)=O)[C@H](OC(C)=O)[C@H](O[C@@H]4O[C@H](COC(C)=O)[C@@H](OC(C)=O)[C@H](OC(C)=O)[C@H]4NC(C)=O)[C@H]3OC(C)=O)[C@H](OC(C)=O)[C@H]2NC(C)=O)[C@H](OC(C)=O)[C@@H]1O[C@@H]1O[C@H](COC(C)=O)[C@H](OC(C)=O)[C@H](OC(C)=O)[C@H]1OC(C)=O. The fraction of sp³-hybridized carbons (Fsp3) is 0.647. The number of fused-ring (bicyclic) bond motifs is 3. The van der Waals surface area contributed by atoms with E-state index in [4.69, 9.17) is 118 Å². The Morgan fingerprint density at radius 2 is 0.621 bits per heavy atom. The summed E-state index contributed by atoms with van der Waals surface area (Å²) in [7, 11) is 0. The molecule has 5 saturated heterocycles. The molecule has 5 fully saturated rings. The molecule has 27 atom stereocenters. The van der Waals surface area contributed by atoms with Gasteiger partial charge in [0.25, 0.3) is 0 Å². The van der Waals surface area contributed by atoms with Crippen molar-refractivity contribution >= 4 is 107 Å². The predicted molar refractivity (Wildman–Crippen MR) is 432 cm³/mol. The maximum Gasteiger partial charge on any atom is 0.407 e.